The number of piperidine rings is 1. The smallest absolute Gasteiger partial charge is 0.230 e. The number of rotatable bonds is 2. The largest absolute Gasteiger partial charge is 0.310 e. The van der Waals surface area contributed by atoms with Crippen molar-refractivity contribution in [1.82, 2.24) is 9.84 Å². The standard InChI is InChI=1S/C9H17ClN2O2S/c10-15(13,14)11-12-6-5-8-3-1-2-4-9(8)7-12/h8-9,11H,1-7H2/t8-,9+/m1/s1. The third-order valence-corrected chi connectivity index (χ3v) is 4.21. The second kappa shape index (κ2) is 4.57. The predicted molar refractivity (Wildman–Crippen MR) is 59.5 cm³/mol. The van der Waals surface area contributed by atoms with Crippen molar-refractivity contribution in [2.24, 2.45) is 11.8 Å². The number of hydrogen-bond donors (Lipinski definition) is 1. The van der Waals surface area contributed by atoms with Crippen LogP contribution in [0.4, 0.5) is 0 Å². The molecule has 0 aromatic carbocycles. The zero-order valence-corrected chi connectivity index (χ0v) is 10.2. The first kappa shape index (κ1) is 11.6. The lowest BCUT2D eigenvalue weighted by Crippen LogP contribution is -2.49. The Hall–Kier alpha value is 0.160. The number of hydrogen-bond acceptors (Lipinski definition) is 3. The fourth-order valence-corrected chi connectivity index (χ4v) is 3.60. The minimum absolute atomic E-state index is 0.651. The third kappa shape index (κ3) is 3.31. The average Bonchev–Trinajstić information content (AvgIpc) is 2.15. The highest BCUT2D eigenvalue weighted by Crippen LogP contribution is 2.35. The van der Waals surface area contributed by atoms with E-state index in [1.165, 1.54) is 25.7 Å². The second-order valence-corrected chi connectivity index (χ2v) is 6.85. The van der Waals surface area contributed by atoms with E-state index in [0.717, 1.165) is 25.4 Å². The molecule has 0 amide bonds. The van der Waals surface area contributed by atoms with Crippen molar-refractivity contribution in [3.05, 3.63) is 0 Å². The van der Waals surface area contributed by atoms with Gasteiger partial charge in [-0.15, -0.1) is 4.83 Å². The highest BCUT2D eigenvalue weighted by atomic mass is 35.7. The summed E-state index contributed by atoms with van der Waals surface area (Å²) in [5.41, 5.74) is 0. The summed E-state index contributed by atoms with van der Waals surface area (Å²) in [5, 5.41) is 1.74. The van der Waals surface area contributed by atoms with E-state index in [9.17, 15) is 8.42 Å². The number of hydrazine groups is 1. The number of halogens is 1. The molecule has 2 aliphatic rings. The van der Waals surface area contributed by atoms with Crippen molar-refractivity contribution in [3.63, 3.8) is 0 Å². The van der Waals surface area contributed by atoms with E-state index in [0.29, 0.717) is 5.92 Å². The second-order valence-electron chi connectivity index (χ2n) is 4.57. The summed E-state index contributed by atoms with van der Waals surface area (Å²) < 4.78 is 21.7. The molecular formula is C9H17ClN2O2S. The summed E-state index contributed by atoms with van der Waals surface area (Å²) in [5.74, 6) is 1.45. The summed E-state index contributed by atoms with van der Waals surface area (Å²) in [6.07, 6.45) is 6.24. The Morgan fingerprint density at radius 1 is 1.13 bits per heavy atom. The van der Waals surface area contributed by atoms with E-state index in [1.807, 2.05) is 0 Å². The maximum atomic E-state index is 10.9. The maximum absolute atomic E-state index is 10.9. The molecule has 4 nitrogen and oxygen atoms in total. The Bertz CT molecular complexity index is 320. The zero-order valence-electron chi connectivity index (χ0n) is 8.65. The van der Waals surface area contributed by atoms with Crippen molar-refractivity contribution in [2.45, 2.75) is 32.1 Å². The Balaban J connectivity index is 1.91. The third-order valence-electron chi connectivity index (χ3n) is 3.53. The first-order valence-corrected chi connectivity index (χ1v) is 7.82. The minimum Gasteiger partial charge on any atom is -0.230 e. The Labute approximate surface area is 95.5 Å². The number of fused-ring (bicyclic) bond motifs is 1. The Morgan fingerprint density at radius 3 is 2.47 bits per heavy atom. The average molecular weight is 253 g/mol. The first-order valence-electron chi connectivity index (χ1n) is 5.51. The monoisotopic (exact) mass is 252 g/mol. The fraction of sp³-hybridized carbons (Fsp3) is 1.00. The van der Waals surface area contributed by atoms with Gasteiger partial charge in [0.1, 0.15) is 0 Å². The van der Waals surface area contributed by atoms with Crippen LogP contribution in [-0.4, -0.2) is 26.5 Å². The van der Waals surface area contributed by atoms with Gasteiger partial charge in [0.05, 0.1) is 0 Å². The molecule has 1 aliphatic heterocycles. The zero-order chi connectivity index (χ0) is 10.9. The van der Waals surface area contributed by atoms with Crippen molar-refractivity contribution in [1.29, 1.82) is 0 Å². The molecule has 2 fully saturated rings. The molecule has 6 heteroatoms. The molecule has 88 valence electrons. The lowest BCUT2D eigenvalue weighted by molar-refractivity contribution is 0.0729. The highest BCUT2D eigenvalue weighted by Gasteiger charge is 2.32. The van der Waals surface area contributed by atoms with Gasteiger partial charge in [-0.25, -0.2) is 5.01 Å². The molecule has 2 atom stereocenters. The molecule has 0 bridgehead atoms. The Kier molecular flexibility index (Phi) is 3.55. The van der Waals surface area contributed by atoms with Gasteiger partial charge in [-0.1, -0.05) is 19.3 Å². The Morgan fingerprint density at radius 2 is 1.80 bits per heavy atom. The van der Waals surface area contributed by atoms with E-state index >= 15 is 0 Å². The van der Waals surface area contributed by atoms with Gasteiger partial charge >= 0.3 is 9.24 Å². The number of nitrogens with zero attached hydrogens (tertiary/aromatic N) is 1. The lowest BCUT2D eigenvalue weighted by Gasteiger charge is -2.40. The molecule has 15 heavy (non-hydrogen) atoms. The maximum Gasteiger partial charge on any atom is 0.310 e. The predicted octanol–water partition coefficient (Wildman–Crippen LogP) is 1.49. The van der Waals surface area contributed by atoms with Crippen LogP contribution in [0.25, 0.3) is 0 Å². The van der Waals surface area contributed by atoms with Crippen molar-refractivity contribution in [3.8, 4) is 0 Å². The van der Waals surface area contributed by atoms with Gasteiger partial charge in [0.15, 0.2) is 0 Å². The molecule has 0 radical (unpaired) electrons. The quantitative estimate of drug-likeness (QED) is 0.758. The van der Waals surface area contributed by atoms with Gasteiger partial charge in [-0.2, -0.15) is 8.42 Å². The molecule has 0 aromatic heterocycles. The number of nitrogens with one attached hydrogen (secondary N) is 1. The fourth-order valence-electron chi connectivity index (χ4n) is 2.84. The SMILES string of the molecule is O=S(=O)(Cl)NN1CC[C@H]2CCCC[C@H]2C1. The topological polar surface area (TPSA) is 49.4 Å². The summed E-state index contributed by atoms with van der Waals surface area (Å²) in [4.78, 5) is 2.36. The molecule has 1 heterocycles. The van der Waals surface area contributed by atoms with E-state index in [-0.39, 0.29) is 0 Å². The van der Waals surface area contributed by atoms with Crippen LogP contribution in [0, 0.1) is 11.8 Å². The molecule has 1 N–H and O–H groups in total. The molecule has 1 aliphatic carbocycles. The first-order chi connectivity index (χ1) is 7.04. The van der Waals surface area contributed by atoms with Crippen LogP contribution in [-0.2, 0) is 9.24 Å². The summed E-state index contributed by atoms with van der Waals surface area (Å²) in [7, 11) is 1.55. The normalized spacial score (nSPS) is 33.7. The van der Waals surface area contributed by atoms with Gasteiger partial charge in [0.25, 0.3) is 0 Å². The van der Waals surface area contributed by atoms with Gasteiger partial charge in [0.2, 0.25) is 0 Å². The van der Waals surface area contributed by atoms with Gasteiger partial charge in [0, 0.05) is 23.8 Å². The summed E-state index contributed by atoms with van der Waals surface area (Å²) in [6, 6.07) is 0. The molecule has 2 rings (SSSR count). The van der Waals surface area contributed by atoms with Gasteiger partial charge in [-0.05, 0) is 24.7 Å². The van der Waals surface area contributed by atoms with Crippen LogP contribution in [0.2, 0.25) is 0 Å². The molecular weight excluding hydrogens is 236 g/mol. The lowest BCUT2D eigenvalue weighted by atomic mass is 9.75. The van der Waals surface area contributed by atoms with Crippen LogP contribution < -0.4 is 4.83 Å². The van der Waals surface area contributed by atoms with E-state index in [4.69, 9.17) is 10.7 Å². The van der Waals surface area contributed by atoms with Crippen molar-refractivity contribution >= 4 is 19.9 Å². The summed E-state index contributed by atoms with van der Waals surface area (Å²) in [6.45, 7) is 1.60. The molecule has 0 unspecified atom stereocenters. The molecule has 1 saturated carbocycles. The highest BCUT2D eigenvalue weighted by molar-refractivity contribution is 8.12. The van der Waals surface area contributed by atoms with Crippen LogP contribution in [0.5, 0.6) is 0 Å². The van der Waals surface area contributed by atoms with Crippen LogP contribution >= 0.6 is 10.7 Å². The van der Waals surface area contributed by atoms with Gasteiger partial charge < -0.3 is 0 Å². The van der Waals surface area contributed by atoms with Crippen molar-refractivity contribution < 1.29 is 8.42 Å². The molecule has 0 aromatic rings. The van der Waals surface area contributed by atoms with E-state index < -0.39 is 9.24 Å². The summed E-state index contributed by atoms with van der Waals surface area (Å²) >= 11 is 0. The van der Waals surface area contributed by atoms with Crippen LogP contribution in [0.1, 0.15) is 32.1 Å². The van der Waals surface area contributed by atoms with E-state index in [1.54, 1.807) is 5.01 Å². The minimum atomic E-state index is -3.61. The van der Waals surface area contributed by atoms with Crippen molar-refractivity contribution in [2.75, 3.05) is 13.1 Å². The van der Waals surface area contributed by atoms with Crippen LogP contribution in [0.15, 0.2) is 0 Å². The van der Waals surface area contributed by atoms with Gasteiger partial charge in [-0.3, -0.25) is 0 Å². The molecule has 0 spiro atoms. The molecule has 1 saturated heterocycles. The van der Waals surface area contributed by atoms with E-state index in [2.05, 4.69) is 4.83 Å². The van der Waals surface area contributed by atoms with Crippen LogP contribution in [0.3, 0.4) is 0 Å².